The van der Waals surface area contributed by atoms with Crippen LogP contribution in [0.4, 0.5) is 0 Å². The molecule has 0 aliphatic carbocycles. The molecule has 26 heavy (non-hydrogen) atoms. The molecule has 1 atom stereocenters. The second-order valence-electron chi connectivity index (χ2n) is 6.12. The van der Waals surface area contributed by atoms with E-state index in [4.69, 9.17) is 16.3 Å². The van der Waals surface area contributed by atoms with Gasteiger partial charge in [-0.1, -0.05) is 11.6 Å². The third-order valence-corrected chi connectivity index (χ3v) is 5.57. The Hall–Kier alpha value is -2.44. The van der Waals surface area contributed by atoms with Crippen LogP contribution in [0.3, 0.4) is 0 Å². The number of thiophene rings is 1. The molecular formula is C19H16ClN3O2S. The molecule has 1 aliphatic heterocycles. The molecule has 1 amide bonds. The smallest absolute Gasteiger partial charge is 0.261 e. The van der Waals surface area contributed by atoms with Gasteiger partial charge in [-0.3, -0.25) is 14.8 Å². The number of carbonyl (C=O) groups is 1. The van der Waals surface area contributed by atoms with E-state index in [1.165, 1.54) is 11.3 Å². The predicted molar refractivity (Wildman–Crippen MR) is 102 cm³/mol. The summed E-state index contributed by atoms with van der Waals surface area (Å²) in [7, 11) is 0. The zero-order valence-corrected chi connectivity index (χ0v) is 15.6. The molecule has 5 nitrogen and oxygen atoms in total. The maximum Gasteiger partial charge on any atom is 0.261 e. The minimum atomic E-state index is -0.135. The average Bonchev–Trinajstić information content (AvgIpc) is 3.26. The van der Waals surface area contributed by atoms with Gasteiger partial charge < -0.3 is 10.1 Å². The number of fused-ring (bicyclic) bond motifs is 1. The van der Waals surface area contributed by atoms with Crippen molar-refractivity contribution in [1.82, 2.24) is 15.3 Å². The highest BCUT2D eigenvalue weighted by Crippen LogP contribution is 2.39. The van der Waals surface area contributed by atoms with Crippen LogP contribution in [0, 0.1) is 6.92 Å². The second-order valence-corrected chi connectivity index (χ2v) is 7.45. The van der Waals surface area contributed by atoms with E-state index in [1.54, 1.807) is 18.6 Å². The molecule has 0 spiro atoms. The van der Waals surface area contributed by atoms with Gasteiger partial charge >= 0.3 is 0 Å². The summed E-state index contributed by atoms with van der Waals surface area (Å²) in [6, 6.07) is 5.80. The highest BCUT2D eigenvalue weighted by molar-refractivity contribution is 7.12. The number of aromatic nitrogens is 2. The lowest BCUT2D eigenvalue weighted by atomic mass is 10.0. The molecule has 1 aromatic carbocycles. The number of amides is 1. The first-order chi connectivity index (χ1) is 12.6. The normalized spacial score (nSPS) is 15.4. The number of hydrogen-bond acceptors (Lipinski definition) is 5. The van der Waals surface area contributed by atoms with Crippen LogP contribution in [-0.2, 0) is 6.42 Å². The number of nitrogens with zero attached hydrogens (tertiary/aromatic N) is 2. The highest BCUT2D eigenvalue weighted by Gasteiger charge is 2.27. The minimum Gasteiger partial charge on any atom is -0.486 e. The van der Waals surface area contributed by atoms with Crippen LogP contribution in [-0.4, -0.2) is 28.5 Å². The fourth-order valence-electron chi connectivity index (χ4n) is 2.99. The third-order valence-electron chi connectivity index (χ3n) is 4.27. The molecule has 1 aliphatic rings. The Morgan fingerprint density at radius 3 is 3.04 bits per heavy atom. The largest absolute Gasteiger partial charge is 0.486 e. The first-order valence-electron chi connectivity index (χ1n) is 8.19. The van der Waals surface area contributed by atoms with Gasteiger partial charge in [-0.15, -0.1) is 11.3 Å². The van der Waals surface area contributed by atoms with E-state index in [2.05, 4.69) is 15.3 Å². The highest BCUT2D eigenvalue weighted by atomic mass is 35.5. The van der Waals surface area contributed by atoms with Gasteiger partial charge in [0.1, 0.15) is 11.9 Å². The van der Waals surface area contributed by atoms with Crippen molar-refractivity contribution in [3.63, 3.8) is 0 Å². The fourth-order valence-corrected chi connectivity index (χ4v) is 4.11. The molecule has 0 saturated carbocycles. The van der Waals surface area contributed by atoms with Crippen LogP contribution in [0.25, 0.3) is 11.3 Å². The van der Waals surface area contributed by atoms with E-state index in [9.17, 15) is 4.79 Å². The van der Waals surface area contributed by atoms with Crippen molar-refractivity contribution in [3.05, 3.63) is 63.2 Å². The Kier molecular flexibility index (Phi) is 4.61. The fraction of sp³-hybridized carbons (Fsp3) is 0.211. The molecule has 0 saturated heterocycles. The predicted octanol–water partition coefficient (Wildman–Crippen LogP) is 3.90. The molecule has 2 aromatic heterocycles. The number of benzene rings is 1. The third kappa shape index (κ3) is 3.30. The van der Waals surface area contributed by atoms with Crippen LogP contribution in [0.2, 0.25) is 5.02 Å². The number of rotatable bonds is 4. The van der Waals surface area contributed by atoms with E-state index >= 15 is 0 Å². The first kappa shape index (κ1) is 17.0. The number of aryl methyl sites for hydroxylation is 1. The van der Waals surface area contributed by atoms with Gasteiger partial charge in [0, 0.05) is 29.9 Å². The maximum atomic E-state index is 12.3. The van der Waals surface area contributed by atoms with Crippen molar-refractivity contribution in [3.8, 4) is 17.0 Å². The Morgan fingerprint density at radius 2 is 2.31 bits per heavy atom. The maximum absolute atomic E-state index is 12.3. The molecule has 0 radical (unpaired) electrons. The topological polar surface area (TPSA) is 64.1 Å². The monoisotopic (exact) mass is 385 g/mol. The van der Waals surface area contributed by atoms with Crippen LogP contribution in [0.5, 0.6) is 5.75 Å². The van der Waals surface area contributed by atoms with Crippen molar-refractivity contribution in [2.75, 3.05) is 6.54 Å². The minimum absolute atomic E-state index is 0.0663. The van der Waals surface area contributed by atoms with Gasteiger partial charge in [0.15, 0.2) is 0 Å². The van der Waals surface area contributed by atoms with Crippen molar-refractivity contribution in [2.24, 2.45) is 0 Å². The Labute approximate surface area is 160 Å². The summed E-state index contributed by atoms with van der Waals surface area (Å²) in [5.41, 5.74) is 3.68. The Bertz CT molecular complexity index is 959. The summed E-state index contributed by atoms with van der Waals surface area (Å²) in [5.74, 6) is 0.620. The van der Waals surface area contributed by atoms with Crippen molar-refractivity contribution >= 4 is 28.8 Å². The summed E-state index contributed by atoms with van der Waals surface area (Å²) in [6.07, 6.45) is 5.54. The van der Waals surface area contributed by atoms with Gasteiger partial charge in [-0.2, -0.15) is 0 Å². The lowest BCUT2D eigenvalue weighted by Gasteiger charge is -2.12. The van der Waals surface area contributed by atoms with Gasteiger partial charge in [0.2, 0.25) is 0 Å². The van der Waals surface area contributed by atoms with Gasteiger partial charge in [0.25, 0.3) is 5.91 Å². The van der Waals surface area contributed by atoms with E-state index in [0.717, 1.165) is 27.3 Å². The summed E-state index contributed by atoms with van der Waals surface area (Å²) in [6.45, 7) is 2.36. The summed E-state index contributed by atoms with van der Waals surface area (Å²) < 4.78 is 5.95. The van der Waals surface area contributed by atoms with Crippen LogP contribution in [0.15, 0.2) is 42.2 Å². The van der Waals surface area contributed by atoms with Crippen LogP contribution >= 0.6 is 22.9 Å². The zero-order chi connectivity index (χ0) is 18.1. The van der Waals surface area contributed by atoms with E-state index in [1.807, 2.05) is 30.5 Å². The summed E-state index contributed by atoms with van der Waals surface area (Å²) in [4.78, 5) is 21.4. The Morgan fingerprint density at radius 1 is 1.42 bits per heavy atom. The number of carbonyl (C=O) groups excluding carboxylic acids is 1. The molecule has 1 unspecified atom stereocenters. The molecule has 4 rings (SSSR count). The van der Waals surface area contributed by atoms with Gasteiger partial charge in [-0.05, 0) is 36.1 Å². The molecule has 0 bridgehead atoms. The lowest BCUT2D eigenvalue weighted by molar-refractivity contribution is 0.0937. The van der Waals surface area contributed by atoms with E-state index in [-0.39, 0.29) is 12.0 Å². The zero-order valence-electron chi connectivity index (χ0n) is 14.0. The second kappa shape index (κ2) is 7.05. The first-order valence-corrected chi connectivity index (χ1v) is 9.45. The standard InChI is InChI=1S/C19H16ClN3O2S/c1-11-2-5-26-18(11)19(24)23-9-14-7-13-6-12(8-15(20)17(13)25-14)16-10-21-3-4-22-16/h2-6,8,10,14H,7,9H2,1H3,(H,23,24). The summed E-state index contributed by atoms with van der Waals surface area (Å²) >= 11 is 7.84. The van der Waals surface area contributed by atoms with Crippen molar-refractivity contribution in [2.45, 2.75) is 19.4 Å². The number of nitrogens with one attached hydrogen (secondary N) is 1. The van der Waals surface area contributed by atoms with Crippen LogP contribution in [0.1, 0.15) is 20.8 Å². The van der Waals surface area contributed by atoms with E-state index < -0.39 is 0 Å². The van der Waals surface area contributed by atoms with Crippen LogP contribution < -0.4 is 10.1 Å². The van der Waals surface area contributed by atoms with Crippen molar-refractivity contribution < 1.29 is 9.53 Å². The number of ether oxygens (including phenoxy) is 1. The Balaban J connectivity index is 1.46. The molecule has 7 heteroatoms. The van der Waals surface area contributed by atoms with Crippen molar-refractivity contribution in [1.29, 1.82) is 0 Å². The van der Waals surface area contributed by atoms with Gasteiger partial charge in [-0.25, -0.2) is 0 Å². The SMILES string of the molecule is Cc1ccsc1C(=O)NCC1Cc2cc(-c3cnccn3)cc(Cl)c2O1. The molecule has 1 N–H and O–H groups in total. The number of halogens is 1. The summed E-state index contributed by atoms with van der Waals surface area (Å²) in [5, 5.41) is 5.41. The molecule has 0 fully saturated rings. The molecule has 3 aromatic rings. The quantitative estimate of drug-likeness (QED) is 0.739. The average molecular weight is 386 g/mol. The van der Waals surface area contributed by atoms with Gasteiger partial charge in [0.05, 0.1) is 28.3 Å². The number of hydrogen-bond donors (Lipinski definition) is 1. The molecule has 132 valence electrons. The molecule has 3 heterocycles. The van der Waals surface area contributed by atoms with E-state index in [0.29, 0.717) is 23.7 Å². The lowest BCUT2D eigenvalue weighted by Crippen LogP contribution is -2.34. The molecular weight excluding hydrogens is 370 g/mol.